The van der Waals surface area contributed by atoms with Crippen LogP contribution in [0, 0.1) is 23.7 Å². The van der Waals surface area contributed by atoms with Crippen molar-refractivity contribution in [3.63, 3.8) is 0 Å². The quantitative estimate of drug-likeness (QED) is 0.866. The number of rotatable bonds is 2. The van der Waals surface area contributed by atoms with Crippen molar-refractivity contribution in [3.8, 4) is 0 Å². The maximum absolute atomic E-state index is 6.03. The van der Waals surface area contributed by atoms with Gasteiger partial charge in [0.1, 0.15) is 0 Å². The summed E-state index contributed by atoms with van der Waals surface area (Å²) in [4.78, 5) is 4.18. The van der Waals surface area contributed by atoms with Crippen molar-refractivity contribution >= 4 is 0 Å². The molecule has 2 atom stereocenters. The van der Waals surface area contributed by atoms with E-state index in [1.807, 2.05) is 12.4 Å². The summed E-state index contributed by atoms with van der Waals surface area (Å²) < 4.78 is 0. The molecule has 4 fully saturated rings. The Hall–Kier alpha value is -0.890. The van der Waals surface area contributed by atoms with Gasteiger partial charge in [-0.15, -0.1) is 0 Å². The molecule has 5 rings (SSSR count). The topological polar surface area (TPSA) is 38.9 Å². The van der Waals surface area contributed by atoms with Crippen LogP contribution in [0.2, 0.25) is 0 Å². The molecule has 0 amide bonds. The summed E-state index contributed by atoms with van der Waals surface area (Å²) in [7, 11) is 0. The number of hydrogen-bond acceptors (Lipinski definition) is 2. The molecule has 18 heavy (non-hydrogen) atoms. The average Bonchev–Trinajstić information content (AvgIpc) is 2.39. The molecule has 0 radical (unpaired) electrons. The molecule has 0 aliphatic heterocycles. The minimum Gasteiger partial charge on any atom is -0.330 e. The van der Waals surface area contributed by atoms with E-state index in [1.165, 1.54) is 32.1 Å². The Morgan fingerprint density at radius 3 is 2.39 bits per heavy atom. The molecule has 4 aliphatic rings. The van der Waals surface area contributed by atoms with Gasteiger partial charge in [-0.25, -0.2) is 0 Å². The molecule has 0 saturated heterocycles. The van der Waals surface area contributed by atoms with Crippen molar-refractivity contribution in [2.45, 2.75) is 37.5 Å². The monoisotopic (exact) mass is 242 g/mol. The van der Waals surface area contributed by atoms with Crippen LogP contribution < -0.4 is 5.73 Å². The highest BCUT2D eigenvalue weighted by Gasteiger charge is 2.55. The third kappa shape index (κ3) is 1.41. The second kappa shape index (κ2) is 3.80. The summed E-state index contributed by atoms with van der Waals surface area (Å²) in [5, 5.41) is 0. The summed E-state index contributed by atoms with van der Waals surface area (Å²) in [6, 6.07) is 4.51. The highest BCUT2D eigenvalue weighted by molar-refractivity contribution is 5.27. The van der Waals surface area contributed by atoms with E-state index >= 15 is 0 Å². The number of aromatic nitrogens is 1. The molecular formula is C16H22N2. The first-order valence-corrected chi connectivity index (χ1v) is 7.41. The van der Waals surface area contributed by atoms with Crippen LogP contribution in [0.3, 0.4) is 0 Å². The van der Waals surface area contributed by atoms with E-state index in [9.17, 15) is 0 Å². The van der Waals surface area contributed by atoms with Crippen LogP contribution in [-0.2, 0) is 5.41 Å². The van der Waals surface area contributed by atoms with Gasteiger partial charge >= 0.3 is 0 Å². The van der Waals surface area contributed by atoms with Gasteiger partial charge in [0.25, 0.3) is 0 Å². The van der Waals surface area contributed by atoms with Crippen LogP contribution in [0.25, 0.3) is 0 Å². The normalized spacial score (nSPS) is 45.4. The Balaban J connectivity index is 1.73. The summed E-state index contributed by atoms with van der Waals surface area (Å²) in [6.07, 6.45) is 11.0. The van der Waals surface area contributed by atoms with Crippen LogP contribution in [0.15, 0.2) is 24.5 Å². The van der Waals surface area contributed by atoms with Gasteiger partial charge in [0.15, 0.2) is 0 Å². The highest BCUT2D eigenvalue weighted by Crippen LogP contribution is 2.62. The van der Waals surface area contributed by atoms with Crippen LogP contribution >= 0.6 is 0 Å². The molecule has 2 heteroatoms. The van der Waals surface area contributed by atoms with Crippen LogP contribution in [-0.4, -0.2) is 11.5 Å². The maximum atomic E-state index is 6.03. The van der Waals surface area contributed by atoms with Gasteiger partial charge in [0.05, 0.1) is 0 Å². The molecule has 2 unspecified atom stereocenters. The lowest BCUT2D eigenvalue weighted by molar-refractivity contribution is -0.0524. The molecular weight excluding hydrogens is 220 g/mol. The summed E-state index contributed by atoms with van der Waals surface area (Å²) in [5.41, 5.74) is 8.05. The SMILES string of the molecule is NCC1C2CC3CC1CC(c1ccncc1)(C3)C2. The van der Waals surface area contributed by atoms with Gasteiger partial charge in [-0.2, -0.15) is 0 Å². The van der Waals surface area contributed by atoms with Crippen molar-refractivity contribution in [2.24, 2.45) is 29.4 Å². The molecule has 1 heterocycles. The number of pyridine rings is 1. The van der Waals surface area contributed by atoms with Gasteiger partial charge < -0.3 is 5.73 Å². The predicted molar refractivity (Wildman–Crippen MR) is 72.0 cm³/mol. The lowest BCUT2D eigenvalue weighted by Gasteiger charge is -2.60. The van der Waals surface area contributed by atoms with Crippen molar-refractivity contribution in [3.05, 3.63) is 30.1 Å². The zero-order chi connectivity index (χ0) is 12.2. The van der Waals surface area contributed by atoms with E-state index in [2.05, 4.69) is 17.1 Å². The third-order valence-electron chi connectivity index (χ3n) is 6.03. The van der Waals surface area contributed by atoms with E-state index in [0.717, 1.165) is 30.2 Å². The van der Waals surface area contributed by atoms with Crippen molar-refractivity contribution in [1.29, 1.82) is 0 Å². The zero-order valence-electron chi connectivity index (χ0n) is 10.9. The predicted octanol–water partition coefficient (Wildman–Crippen LogP) is 2.73. The molecule has 0 aromatic carbocycles. The van der Waals surface area contributed by atoms with Crippen LogP contribution in [0.5, 0.6) is 0 Å². The minimum atomic E-state index is 0.477. The second-order valence-electron chi connectivity index (χ2n) is 6.89. The summed E-state index contributed by atoms with van der Waals surface area (Å²) >= 11 is 0. The van der Waals surface area contributed by atoms with E-state index in [4.69, 9.17) is 5.73 Å². The van der Waals surface area contributed by atoms with Gasteiger partial charge in [0, 0.05) is 12.4 Å². The van der Waals surface area contributed by atoms with E-state index in [1.54, 1.807) is 5.56 Å². The van der Waals surface area contributed by atoms with Gasteiger partial charge in [0.2, 0.25) is 0 Å². The van der Waals surface area contributed by atoms with Crippen LogP contribution in [0.4, 0.5) is 0 Å². The average molecular weight is 242 g/mol. The van der Waals surface area contributed by atoms with E-state index < -0.39 is 0 Å². The van der Waals surface area contributed by atoms with Crippen molar-refractivity contribution in [1.82, 2.24) is 4.98 Å². The number of nitrogens with two attached hydrogens (primary N) is 1. The van der Waals surface area contributed by atoms with Crippen molar-refractivity contribution in [2.75, 3.05) is 6.54 Å². The lowest BCUT2D eigenvalue weighted by atomic mass is 9.45. The first-order chi connectivity index (χ1) is 8.81. The fourth-order valence-electron chi connectivity index (χ4n) is 5.57. The standard InChI is InChI=1S/C16H22N2/c17-10-15-12-5-11-6-13(15)9-16(7-11,8-12)14-1-3-18-4-2-14/h1-4,11-13,15H,5-10,17H2. The Morgan fingerprint density at radius 2 is 1.78 bits per heavy atom. The maximum Gasteiger partial charge on any atom is 0.0270 e. The second-order valence-corrected chi connectivity index (χ2v) is 6.89. The third-order valence-corrected chi connectivity index (χ3v) is 6.03. The Kier molecular flexibility index (Phi) is 2.32. The molecule has 1 aromatic heterocycles. The smallest absolute Gasteiger partial charge is 0.0270 e. The highest BCUT2D eigenvalue weighted by atomic mass is 14.7. The first-order valence-electron chi connectivity index (χ1n) is 7.41. The number of nitrogens with zero attached hydrogens (tertiary/aromatic N) is 1. The fourth-order valence-corrected chi connectivity index (χ4v) is 5.57. The van der Waals surface area contributed by atoms with Gasteiger partial charge in [-0.05, 0) is 85.4 Å². The Morgan fingerprint density at radius 1 is 1.11 bits per heavy atom. The fraction of sp³-hybridized carbons (Fsp3) is 0.688. The number of hydrogen-bond donors (Lipinski definition) is 1. The van der Waals surface area contributed by atoms with Crippen molar-refractivity contribution < 1.29 is 0 Å². The lowest BCUT2D eigenvalue weighted by Crippen LogP contribution is -2.54. The van der Waals surface area contributed by atoms with Gasteiger partial charge in [-0.1, -0.05) is 0 Å². The molecule has 1 aromatic rings. The van der Waals surface area contributed by atoms with Crippen LogP contribution in [0.1, 0.15) is 37.7 Å². The molecule has 2 nitrogen and oxygen atoms in total. The molecule has 96 valence electrons. The molecule has 4 saturated carbocycles. The summed E-state index contributed by atoms with van der Waals surface area (Å²) in [5.74, 6) is 3.58. The Bertz CT molecular complexity index is 426. The first kappa shape index (κ1) is 11.0. The molecule has 2 N–H and O–H groups in total. The van der Waals surface area contributed by atoms with E-state index in [-0.39, 0.29) is 0 Å². The largest absolute Gasteiger partial charge is 0.330 e. The van der Waals surface area contributed by atoms with E-state index in [0.29, 0.717) is 5.41 Å². The molecule has 0 spiro atoms. The Labute approximate surface area is 109 Å². The molecule has 4 aliphatic carbocycles. The van der Waals surface area contributed by atoms with Gasteiger partial charge in [-0.3, -0.25) is 4.98 Å². The minimum absolute atomic E-state index is 0.477. The zero-order valence-corrected chi connectivity index (χ0v) is 10.9. The summed E-state index contributed by atoms with van der Waals surface area (Å²) in [6.45, 7) is 0.911. The molecule has 4 bridgehead atoms.